The summed E-state index contributed by atoms with van der Waals surface area (Å²) in [6.07, 6.45) is 12.8. The van der Waals surface area contributed by atoms with Gasteiger partial charge in [0.25, 0.3) is 0 Å². The second-order valence-electron chi connectivity index (χ2n) is 8.28. The van der Waals surface area contributed by atoms with Crippen molar-refractivity contribution < 1.29 is 24.9 Å². The van der Waals surface area contributed by atoms with Gasteiger partial charge < -0.3 is 15.3 Å². The molecule has 1 fully saturated rings. The maximum absolute atomic E-state index is 12.4. The van der Waals surface area contributed by atoms with Gasteiger partial charge in [-0.25, -0.2) is 4.79 Å². The number of hydrogen-bond acceptors (Lipinski definition) is 4. The second-order valence-corrected chi connectivity index (χ2v) is 8.28. The lowest BCUT2D eigenvalue weighted by molar-refractivity contribution is -0.146. The van der Waals surface area contributed by atoms with Gasteiger partial charge in [0, 0.05) is 18.3 Å². The summed E-state index contributed by atoms with van der Waals surface area (Å²) in [5, 5.41) is 28.6. The van der Waals surface area contributed by atoms with Gasteiger partial charge in [0.15, 0.2) is 6.10 Å². The molecule has 0 amide bonds. The minimum absolute atomic E-state index is 0.0343. The molecule has 1 aliphatic carbocycles. The summed E-state index contributed by atoms with van der Waals surface area (Å²) in [7, 11) is 0. The maximum Gasteiger partial charge on any atom is 0.332 e. The zero-order valence-electron chi connectivity index (χ0n) is 17.0. The van der Waals surface area contributed by atoms with Gasteiger partial charge in [0.1, 0.15) is 5.78 Å². The number of Topliss-reactive ketones (excluding diaryl/α,β-unsaturated/α-hetero) is 1. The first-order valence-corrected chi connectivity index (χ1v) is 10.1. The predicted molar refractivity (Wildman–Crippen MR) is 106 cm³/mol. The standard InChI is InChI=1S/C22H36O5/c1-4-5-6-8-14-21(2,27)16-13-17-11-12-19(24)22(17,3)15-9-7-10-18(23)20(25)26/h7,9,13,16-18,23,27H,4-6,8,10-12,14-15H2,1-3H3,(H,25,26)/t17-,18?,21?,22-/m1/s1. The number of carbonyl (C=O) groups excluding carboxylic acids is 1. The largest absolute Gasteiger partial charge is 0.479 e. The molecule has 0 spiro atoms. The number of aliphatic carboxylic acids is 1. The first kappa shape index (κ1) is 23.6. The van der Waals surface area contributed by atoms with E-state index >= 15 is 0 Å². The van der Waals surface area contributed by atoms with E-state index in [-0.39, 0.29) is 18.1 Å². The van der Waals surface area contributed by atoms with Crippen molar-refractivity contribution in [1.82, 2.24) is 0 Å². The highest BCUT2D eigenvalue weighted by molar-refractivity contribution is 5.87. The molecule has 4 atom stereocenters. The first-order chi connectivity index (χ1) is 12.6. The minimum Gasteiger partial charge on any atom is -0.479 e. The van der Waals surface area contributed by atoms with Crippen LogP contribution in [0.5, 0.6) is 0 Å². The minimum atomic E-state index is -1.41. The Morgan fingerprint density at radius 2 is 2.04 bits per heavy atom. The number of rotatable bonds is 12. The molecule has 0 heterocycles. The van der Waals surface area contributed by atoms with Crippen LogP contribution in [-0.4, -0.2) is 38.8 Å². The lowest BCUT2D eigenvalue weighted by atomic mass is 9.75. The lowest BCUT2D eigenvalue weighted by Crippen LogP contribution is -2.28. The van der Waals surface area contributed by atoms with E-state index in [1.807, 2.05) is 26.0 Å². The molecule has 1 saturated carbocycles. The molecule has 0 aliphatic heterocycles. The molecule has 0 saturated heterocycles. The Morgan fingerprint density at radius 3 is 2.67 bits per heavy atom. The van der Waals surface area contributed by atoms with Crippen molar-refractivity contribution in [2.24, 2.45) is 11.3 Å². The van der Waals surface area contributed by atoms with Gasteiger partial charge >= 0.3 is 5.97 Å². The Kier molecular flexibility index (Phi) is 9.40. The summed E-state index contributed by atoms with van der Waals surface area (Å²) in [5.41, 5.74) is -1.40. The molecule has 154 valence electrons. The molecule has 0 aromatic carbocycles. The third kappa shape index (κ3) is 7.59. The fraction of sp³-hybridized carbons (Fsp3) is 0.727. The SMILES string of the molecule is CCCCCCC(C)(O)C=C[C@H]1CCC(=O)[C@]1(C)CC=CCC(O)C(=O)O. The van der Waals surface area contributed by atoms with Crippen LogP contribution in [0.1, 0.15) is 78.6 Å². The van der Waals surface area contributed by atoms with Gasteiger partial charge in [-0.2, -0.15) is 0 Å². The van der Waals surface area contributed by atoms with Crippen LogP contribution in [-0.2, 0) is 9.59 Å². The van der Waals surface area contributed by atoms with Crippen LogP contribution in [0.15, 0.2) is 24.3 Å². The summed E-state index contributed by atoms with van der Waals surface area (Å²) >= 11 is 0. The number of unbranched alkanes of at least 4 members (excludes halogenated alkanes) is 3. The number of carboxylic acid groups (broad SMARTS) is 1. The van der Waals surface area contributed by atoms with Gasteiger partial charge in [-0.1, -0.05) is 63.8 Å². The molecule has 0 radical (unpaired) electrons. The Balaban J connectivity index is 2.66. The van der Waals surface area contributed by atoms with Crippen LogP contribution in [0.25, 0.3) is 0 Å². The topological polar surface area (TPSA) is 94.8 Å². The average molecular weight is 381 g/mol. The van der Waals surface area contributed by atoms with Crippen molar-refractivity contribution >= 4 is 11.8 Å². The van der Waals surface area contributed by atoms with Crippen molar-refractivity contribution in [3.8, 4) is 0 Å². The molecule has 0 bridgehead atoms. The highest BCUT2D eigenvalue weighted by atomic mass is 16.4. The van der Waals surface area contributed by atoms with Crippen molar-refractivity contribution in [2.75, 3.05) is 0 Å². The molecule has 5 heteroatoms. The molecular formula is C22H36O5. The number of allylic oxidation sites excluding steroid dienone is 2. The molecule has 2 unspecified atom stereocenters. The average Bonchev–Trinajstić information content (AvgIpc) is 2.88. The number of carboxylic acids is 1. The number of hydrogen-bond donors (Lipinski definition) is 3. The Labute approximate surface area is 163 Å². The highest BCUT2D eigenvalue weighted by Gasteiger charge is 2.43. The van der Waals surface area contributed by atoms with Gasteiger partial charge in [0.05, 0.1) is 5.60 Å². The molecular weight excluding hydrogens is 344 g/mol. The van der Waals surface area contributed by atoms with E-state index in [2.05, 4.69) is 6.92 Å². The van der Waals surface area contributed by atoms with Crippen LogP contribution < -0.4 is 0 Å². The van der Waals surface area contributed by atoms with Crippen LogP contribution >= 0.6 is 0 Å². The van der Waals surface area contributed by atoms with E-state index in [4.69, 9.17) is 5.11 Å². The fourth-order valence-corrected chi connectivity index (χ4v) is 3.64. The number of carbonyl (C=O) groups is 2. The Morgan fingerprint density at radius 1 is 1.33 bits per heavy atom. The third-order valence-corrected chi connectivity index (χ3v) is 5.71. The maximum atomic E-state index is 12.4. The van der Waals surface area contributed by atoms with E-state index in [0.717, 1.165) is 25.7 Å². The van der Waals surface area contributed by atoms with Gasteiger partial charge in [0.2, 0.25) is 0 Å². The smallest absolute Gasteiger partial charge is 0.332 e. The summed E-state index contributed by atoms with van der Waals surface area (Å²) in [4.78, 5) is 23.1. The summed E-state index contributed by atoms with van der Waals surface area (Å²) in [5.74, 6) is -0.992. The van der Waals surface area contributed by atoms with Crippen molar-refractivity contribution in [1.29, 1.82) is 0 Å². The normalized spacial score (nSPS) is 26.7. The third-order valence-electron chi connectivity index (χ3n) is 5.71. The molecule has 3 N–H and O–H groups in total. The lowest BCUT2D eigenvalue weighted by Gasteiger charge is -2.28. The van der Waals surface area contributed by atoms with Crippen molar-refractivity contribution in [3.05, 3.63) is 24.3 Å². The van der Waals surface area contributed by atoms with Gasteiger partial charge in [-0.15, -0.1) is 0 Å². The van der Waals surface area contributed by atoms with E-state index in [0.29, 0.717) is 19.3 Å². The second kappa shape index (κ2) is 10.8. The van der Waals surface area contributed by atoms with Crippen LogP contribution in [0.2, 0.25) is 0 Å². The van der Waals surface area contributed by atoms with Crippen molar-refractivity contribution in [2.45, 2.75) is 90.3 Å². The first-order valence-electron chi connectivity index (χ1n) is 10.1. The zero-order chi connectivity index (χ0) is 20.5. The van der Waals surface area contributed by atoms with E-state index in [9.17, 15) is 19.8 Å². The monoisotopic (exact) mass is 380 g/mol. The quantitative estimate of drug-likeness (QED) is 0.351. The summed E-state index contributed by atoms with van der Waals surface area (Å²) in [6.45, 7) is 5.91. The molecule has 1 rings (SSSR count). The highest BCUT2D eigenvalue weighted by Crippen LogP contribution is 2.44. The molecule has 5 nitrogen and oxygen atoms in total. The van der Waals surface area contributed by atoms with Gasteiger partial charge in [-0.3, -0.25) is 4.79 Å². The van der Waals surface area contributed by atoms with E-state index < -0.39 is 23.1 Å². The Hall–Kier alpha value is -1.46. The zero-order valence-corrected chi connectivity index (χ0v) is 17.0. The van der Waals surface area contributed by atoms with Gasteiger partial charge in [-0.05, 0) is 32.1 Å². The Bertz CT molecular complexity index is 549. The molecule has 1 aliphatic rings. The van der Waals surface area contributed by atoms with Crippen molar-refractivity contribution in [3.63, 3.8) is 0 Å². The number of aliphatic hydroxyl groups is 2. The van der Waals surface area contributed by atoms with Crippen LogP contribution in [0.4, 0.5) is 0 Å². The predicted octanol–water partition coefficient (Wildman–Crippen LogP) is 4.03. The van der Waals surface area contributed by atoms with Crippen LogP contribution in [0, 0.1) is 11.3 Å². The summed E-state index contributed by atoms with van der Waals surface area (Å²) < 4.78 is 0. The van der Waals surface area contributed by atoms with E-state index in [1.54, 1.807) is 12.2 Å². The number of ketones is 1. The number of aliphatic hydroxyl groups excluding tert-OH is 1. The van der Waals surface area contributed by atoms with Crippen LogP contribution in [0.3, 0.4) is 0 Å². The summed E-state index contributed by atoms with van der Waals surface area (Å²) in [6, 6.07) is 0. The fourth-order valence-electron chi connectivity index (χ4n) is 3.64. The molecule has 0 aromatic heterocycles. The van der Waals surface area contributed by atoms with E-state index in [1.165, 1.54) is 6.42 Å². The molecule has 0 aromatic rings. The molecule has 27 heavy (non-hydrogen) atoms.